The Balaban J connectivity index is 1.49. The highest BCUT2D eigenvalue weighted by atomic mass is 32.2. The molecule has 0 unspecified atom stereocenters. The Labute approximate surface area is 174 Å². The molecule has 3 rings (SSSR count). The Kier molecular flexibility index (Phi) is 7.14. The predicted molar refractivity (Wildman–Crippen MR) is 111 cm³/mol. The first kappa shape index (κ1) is 20.7. The van der Waals surface area contributed by atoms with E-state index in [1.165, 1.54) is 47.4 Å². The van der Waals surface area contributed by atoms with E-state index in [2.05, 4.69) is 20.8 Å². The van der Waals surface area contributed by atoms with Gasteiger partial charge in [-0.05, 0) is 55.5 Å². The van der Waals surface area contributed by atoms with Crippen LogP contribution in [0.2, 0.25) is 0 Å². The van der Waals surface area contributed by atoms with Crippen molar-refractivity contribution < 1.29 is 18.7 Å². The number of halogens is 1. The molecule has 0 atom stereocenters. The van der Waals surface area contributed by atoms with Crippen molar-refractivity contribution in [2.24, 2.45) is 0 Å². The van der Waals surface area contributed by atoms with Gasteiger partial charge in [0, 0.05) is 11.3 Å². The number of hydrogen-bond acceptors (Lipinski definition) is 7. The Morgan fingerprint density at radius 1 is 1.07 bits per heavy atom. The number of benzene rings is 2. The van der Waals surface area contributed by atoms with Gasteiger partial charge in [0.05, 0.1) is 12.4 Å². The summed E-state index contributed by atoms with van der Waals surface area (Å²) >= 11 is 2.36. The molecule has 2 amide bonds. The zero-order valence-electron chi connectivity index (χ0n) is 15.3. The molecule has 0 saturated carbocycles. The zero-order valence-corrected chi connectivity index (χ0v) is 17.0. The van der Waals surface area contributed by atoms with Crippen molar-refractivity contribution in [3.05, 3.63) is 59.9 Å². The summed E-state index contributed by atoms with van der Waals surface area (Å²) in [6.45, 7) is 2.44. The van der Waals surface area contributed by atoms with E-state index in [4.69, 9.17) is 4.74 Å². The van der Waals surface area contributed by atoms with Crippen LogP contribution >= 0.6 is 23.1 Å². The van der Waals surface area contributed by atoms with Crippen molar-refractivity contribution >= 4 is 45.7 Å². The largest absolute Gasteiger partial charge is 0.494 e. The quantitative estimate of drug-likeness (QED) is 0.412. The Morgan fingerprint density at radius 2 is 1.79 bits per heavy atom. The van der Waals surface area contributed by atoms with Crippen LogP contribution in [0.3, 0.4) is 0 Å². The molecule has 0 aliphatic carbocycles. The number of aromatic nitrogens is 2. The topological polar surface area (TPSA) is 93.2 Å². The lowest BCUT2D eigenvalue weighted by Crippen LogP contribution is -2.13. The lowest BCUT2D eigenvalue weighted by atomic mass is 10.2. The molecule has 0 radical (unpaired) electrons. The van der Waals surface area contributed by atoms with Crippen molar-refractivity contribution in [2.45, 2.75) is 11.3 Å². The van der Waals surface area contributed by atoms with Gasteiger partial charge in [0.2, 0.25) is 11.0 Å². The van der Waals surface area contributed by atoms with E-state index in [0.717, 1.165) is 0 Å². The average Bonchev–Trinajstić information content (AvgIpc) is 3.16. The second kappa shape index (κ2) is 9.99. The monoisotopic (exact) mass is 432 g/mol. The van der Waals surface area contributed by atoms with Gasteiger partial charge in [0.15, 0.2) is 4.34 Å². The second-order valence-corrected chi connectivity index (χ2v) is 7.83. The lowest BCUT2D eigenvalue weighted by Gasteiger charge is -2.04. The summed E-state index contributed by atoms with van der Waals surface area (Å²) in [7, 11) is 0. The molecule has 0 saturated heterocycles. The molecule has 1 aromatic heterocycles. The van der Waals surface area contributed by atoms with E-state index >= 15 is 0 Å². The first-order valence-corrected chi connectivity index (χ1v) is 10.4. The van der Waals surface area contributed by atoms with Crippen LogP contribution in [0, 0.1) is 5.82 Å². The molecule has 1 heterocycles. The van der Waals surface area contributed by atoms with Crippen LogP contribution in [0.15, 0.2) is 52.9 Å². The van der Waals surface area contributed by atoms with Crippen LogP contribution in [0.4, 0.5) is 15.2 Å². The summed E-state index contributed by atoms with van der Waals surface area (Å²) in [5.41, 5.74) is 0.981. The molecule has 150 valence electrons. The fourth-order valence-electron chi connectivity index (χ4n) is 2.21. The number of ether oxygens (including phenoxy) is 1. The standard InChI is InChI=1S/C19H17FN4O3S2/c1-2-27-15-9-3-12(4-10-15)17(26)22-18-23-24-19(29-18)28-11-16(25)21-14-7-5-13(20)6-8-14/h3-10H,2,11H2,1H3,(H,21,25)(H,22,23,26). The molecular weight excluding hydrogens is 415 g/mol. The maximum atomic E-state index is 12.9. The molecule has 3 aromatic rings. The maximum Gasteiger partial charge on any atom is 0.257 e. The van der Waals surface area contributed by atoms with Crippen molar-refractivity contribution in [3.8, 4) is 5.75 Å². The number of hydrogen-bond donors (Lipinski definition) is 2. The molecule has 29 heavy (non-hydrogen) atoms. The van der Waals surface area contributed by atoms with E-state index in [9.17, 15) is 14.0 Å². The second-order valence-electron chi connectivity index (χ2n) is 5.63. The fraction of sp³-hybridized carbons (Fsp3) is 0.158. The number of carbonyl (C=O) groups is 2. The van der Waals surface area contributed by atoms with Gasteiger partial charge in [-0.25, -0.2) is 4.39 Å². The van der Waals surface area contributed by atoms with Gasteiger partial charge in [-0.15, -0.1) is 10.2 Å². The number of nitrogens with one attached hydrogen (secondary N) is 2. The van der Waals surface area contributed by atoms with E-state index in [1.807, 2.05) is 6.92 Å². The highest BCUT2D eigenvalue weighted by Gasteiger charge is 2.12. The van der Waals surface area contributed by atoms with Gasteiger partial charge in [-0.1, -0.05) is 23.1 Å². The number of nitrogens with zero attached hydrogens (tertiary/aromatic N) is 2. The summed E-state index contributed by atoms with van der Waals surface area (Å²) in [5.74, 6) is -0.131. The average molecular weight is 433 g/mol. The summed E-state index contributed by atoms with van der Waals surface area (Å²) in [6.07, 6.45) is 0. The third kappa shape index (κ3) is 6.26. The van der Waals surface area contributed by atoms with Crippen molar-refractivity contribution in [1.82, 2.24) is 10.2 Å². The van der Waals surface area contributed by atoms with Gasteiger partial charge in [-0.2, -0.15) is 0 Å². The summed E-state index contributed by atoms with van der Waals surface area (Å²) < 4.78 is 18.8. The van der Waals surface area contributed by atoms with Crippen LogP contribution in [0.5, 0.6) is 5.75 Å². The minimum absolute atomic E-state index is 0.110. The summed E-state index contributed by atoms with van der Waals surface area (Å²) in [6, 6.07) is 12.3. The van der Waals surface area contributed by atoms with Crippen LogP contribution in [0.1, 0.15) is 17.3 Å². The lowest BCUT2D eigenvalue weighted by molar-refractivity contribution is -0.113. The molecule has 10 heteroatoms. The van der Waals surface area contributed by atoms with Crippen molar-refractivity contribution in [2.75, 3.05) is 23.0 Å². The van der Waals surface area contributed by atoms with Crippen LogP contribution in [0.25, 0.3) is 0 Å². The summed E-state index contributed by atoms with van der Waals surface area (Å²) in [4.78, 5) is 24.2. The first-order valence-electron chi connectivity index (χ1n) is 8.59. The first-order chi connectivity index (χ1) is 14.0. The zero-order chi connectivity index (χ0) is 20.6. The number of rotatable bonds is 8. The van der Waals surface area contributed by atoms with E-state index in [1.54, 1.807) is 24.3 Å². The van der Waals surface area contributed by atoms with Gasteiger partial charge in [0.1, 0.15) is 11.6 Å². The molecule has 0 aliphatic heterocycles. The van der Waals surface area contributed by atoms with Crippen LogP contribution in [-0.2, 0) is 4.79 Å². The van der Waals surface area contributed by atoms with Crippen molar-refractivity contribution in [1.29, 1.82) is 0 Å². The molecule has 0 bridgehead atoms. The molecular formula is C19H17FN4O3S2. The molecule has 2 N–H and O–H groups in total. The number of thioether (sulfide) groups is 1. The molecule has 2 aromatic carbocycles. The van der Waals surface area contributed by atoms with Gasteiger partial charge >= 0.3 is 0 Å². The summed E-state index contributed by atoms with van der Waals surface area (Å²) in [5, 5.41) is 13.6. The third-order valence-corrected chi connectivity index (χ3v) is 5.48. The smallest absolute Gasteiger partial charge is 0.257 e. The van der Waals surface area contributed by atoms with E-state index < -0.39 is 0 Å². The molecule has 0 spiro atoms. The predicted octanol–water partition coefficient (Wildman–Crippen LogP) is 4.06. The third-order valence-electron chi connectivity index (χ3n) is 3.51. The SMILES string of the molecule is CCOc1ccc(C(=O)Nc2nnc(SCC(=O)Nc3ccc(F)cc3)s2)cc1. The van der Waals surface area contributed by atoms with Crippen LogP contribution in [-0.4, -0.2) is 34.4 Å². The highest BCUT2D eigenvalue weighted by Crippen LogP contribution is 2.26. The Hall–Kier alpha value is -2.98. The van der Waals surface area contributed by atoms with Crippen LogP contribution < -0.4 is 15.4 Å². The Morgan fingerprint density at radius 3 is 2.48 bits per heavy atom. The van der Waals surface area contributed by atoms with E-state index in [0.29, 0.717) is 33.1 Å². The maximum absolute atomic E-state index is 12.9. The van der Waals surface area contributed by atoms with E-state index in [-0.39, 0.29) is 23.4 Å². The normalized spacial score (nSPS) is 10.4. The van der Waals surface area contributed by atoms with Crippen molar-refractivity contribution in [3.63, 3.8) is 0 Å². The van der Waals surface area contributed by atoms with Gasteiger partial charge in [0.25, 0.3) is 5.91 Å². The number of amides is 2. The minimum Gasteiger partial charge on any atom is -0.494 e. The number of carbonyl (C=O) groups excluding carboxylic acids is 2. The highest BCUT2D eigenvalue weighted by molar-refractivity contribution is 8.01. The molecule has 0 fully saturated rings. The minimum atomic E-state index is -0.369. The fourth-order valence-corrected chi connectivity index (χ4v) is 3.76. The molecule has 7 nitrogen and oxygen atoms in total. The van der Waals surface area contributed by atoms with Gasteiger partial charge < -0.3 is 10.1 Å². The van der Waals surface area contributed by atoms with Gasteiger partial charge in [-0.3, -0.25) is 14.9 Å². The Bertz CT molecular complexity index is 978. The number of anilines is 2. The molecule has 0 aliphatic rings.